The molecule has 0 aromatic heterocycles. The highest BCUT2D eigenvalue weighted by molar-refractivity contribution is 4.70. The van der Waals surface area contributed by atoms with E-state index in [9.17, 15) is 0 Å². The maximum atomic E-state index is 8.91. The van der Waals surface area contributed by atoms with E-state index < -0.39 is 0 Å². The van der Waals surface area contributed by atoms with E-state index in [0.717, 1.165) is 32.0 Å². The fraction of sp³-hybridized carbons (Fsp3) is 1.00. The number of hydrogen-bond donors (Lipinski definition) is 2. The van der Waals surface area contributed by atoms with Gasteiger partial charge in [-0.1, -0.05) is 0 Å². The predicted octanol–water partition coefficient (Wildman–Crippen LogP) is 0.383. The number of hydrogen-bond acceptors (Lipinski definition) is 3. The van der Waals surface area contributed by atoms with E-state index in [-0.39, 0.29) is 6.10 Å². The van der Waals surface area contributed by atoms with Gasteiger partial charge in [0.1, 0.15) is 0 Å². The SMILES string of the molecule is CC(O)COCCC1CCNC1. The molecule has 0 amide bonds. The third-order valence-electron chi connectivity index (χ3n) is 2.19. The Morgan fingerprint density at radius 3 is 3.08 bits per heavy atom. The van der Waals surface area contributed by atoms with Crippen LogP contribution in [0.3, 0.4) is 0 Å². The van der Waals surface area contributed by atoms with Crippen molar-refractivity contribution in [1.29, 1.82) is 0 Å². The van der Waals surface area contributed by atoms with E-state index in [4.69, 9.17) is 9.84 Å². The summed E-state index contributed by atoms with van der Waals surface area (Å²) < 4.78 is 5.28. The lowest BCUT2D eigenvalue weighted by atomic mass is 10.1. The maximum absolute atomic E-state index is 8.91. The van der Waals surface area contributed by atoms with E-state index >= 15 is 0 Å². The normalized spacial score (nSPS) is 26.0. The van der Waals surface area contributed by atoms with Gasteiger partial charge in [0, 0.05) is 6.61 Å². The van der Waals surface area contributed by atoms with Crippen LogP contribution >= 0.6 is 0 Å². The number of rotatable bonds is 5. The van der Waals surface area contributed by atoms with Crippen molar-refractivity contribution in [1.82, 2.24) is 5.32 Å². The van der Waals surface area contributed by atoms with Gasteiger partial charge in [-0.3, -0.25) is 0 Å². The Morgan fingerprint density at radius 2 is 2.50 bits per heavy atom. The van der Waals surface area contributed by atoms with Crippen LogP contribution in [0.2, 0.25) is 0 Å². The molecule has 2 unspecified atom stereocenters. The minimum atomic E-state index is -0.327. The lowest BCUT2D eigenvalue weighted by Gasteiger charge is -2.09. The van der Waals surface area contributed by atoms with Crippen molar-refractivity contribution in [3.63, 3.8) is 0 Å². The van der Waals surface area contributed by atoms with Crippen molar-refractivity contribution >= 4 is 0 Å². The summed E-state index contributed by atoms with van der Waals surface area (Å²) in [4.78, 5) is 0. The third-order valence-corrected chi connectivity index (χ3v) is 2.19. The Bertz CT molecular complexity index is 111. The highest BCUT2D eigenvalue weighted by atomic mass is 16.5. The van der Waals surface area contributed by atoms with Crippen LogP contribution in [0.5, 0.6) is 0 Å². The van der Waals surface area contributed by atoms with Crippen molar-refractivity contribution in [2.45, 2.75) is 25.9 Å². The summed E-state index contributed by atoms with van der Waals surface area (Å²) >= 11 is 0. The number of aliphatic hydroxyl groups excluding tert-OH is 1. The van der Waals surface area contributed by atoms with Crippen LogP contribution in [0.25, 0.3) is 0 Å². The molecule has 1 fully saturated rings. The van der Waals surface area contributed by atoms with Gasteiger partial charge in [0.25, 0.3) is 0 Å². The van der Waals surface area contributed by atoms with Gasteiger partial charge in [0.05, 0.1) is 12.7 Å². The van der Waals surface area contributed by atoms with Gasteiger partial charge in [-0.2, -0.15) is 0 Å². The van der Waals surface area contributed by atoms with Crippen molar-refractivity contribution in [3.8, 4) is 0 Å². The molecule has 3 heteroatoms. The summed E-state index contributed by atoms with van der Waals surface area (Å²) in [5.41, 5.74) is 0. The van der Waals surface area contributed by atoms with Crippen LogP contribution in [-0.2, 0) is 4.74 Å². The topological polar surface area (TPSA) is 41.5 Å². The van der Waals surface area contributed by atoms with Gasteiger partial charge >= 0.3 is 0 Å². The zero-order valence-electron chi connectivity index (χ0n) is 7.75. The van der Waals surface area contributed by atoms with Gasteiger partial charge < -0.3 is 15.2 Å². The molecule has 3 nitrogen and oxygen atoms in total. The summed E-state index contributed by atoms with van der Waals surface area (Å²) in [5.74, 6) is 0.791. The van der Waals surface area contributed by atoms with Crippen LogP contribution in [0.1, 0.15) is 19.8 Å². The summed E-state index contributed by atoms with van der Waals surface area (Å²) in [6, 6.07) is 0. The van der Waals surface area contributed by atoms with E-state index in [1.54, 1.807) is 6.92 Å². The Kier molecular flexibility index (Phi) is 4.58. The molecule has 2 N–H and O–H groups in total. The molecule has 1 heterocycles. The van der Waals surface area contributed by atoms with Gasteiger partial charge in [0.2, 0.25) is 0 Å². The quantitative estimate of drug-likeness (QED) is 0.591. The average molecular weight is 173 g/mol. The minimum absolute atomic E-state index is 0.327. The fourth-order valence-electron chi connectivity index (χ4n) is 1.46. The third kappa shape index (κ3) is 4.04. The zero-order chi connectivity index (χ0) is 8.81. The Balaban J connectivity index is 1.88. The molecular formula is C9H19NO2. The molecule has 0 aromatic carbocycles. The lowest BCUT2D eigenvalue weighted by molar-refractivity contribution is 0.0411. The molecule has 1 saturated heterocycles. The summed E-state index contributed by atoms with van der Waals surface area (Å²) in [6.07, 6.45) is 2.07. The van der Waals surface area contributed by atoms with Crippen LogP contribution in [0, 0.1) is 5.92 Å². The lowest BCUT2D eigenvalue weighted by Crippen LogP contribution is -2.14. The average Bonchev–Trinajstić information content (AvgIpc) is 2.49. The van der Waals surface area contributed by atoms with Crippen LogP contribution in [0.15, 0.2) is 0 Å². The first kappa shape index (κ1) is 9.96. The predicted molar refractivity (Wildman–Crippen MR) is 48.1 cm³/mol. The molecule has 0 radical (unpaired) electrons. The van der Waals surface area contributed by atoms with E-state index in [0.29, 0.717) is 6.61 Å². The first-order chi connectivity index (χ1) is 5.79. The molecular weight excluding hydrogens is 154 g/mol. The largest absolute Gasteiger partial charge is 0.391 e. The molecule has 1 aliphatic rings. The zero-order valence-corrected chi connectivity index (χ0v) is 7.75. The molecule has 2 atom stereocenters. The monoisotopic (exact) mass is 173 g/mol. The highest BCUT2D eigenvalue weighted by Crippen LogP contribution is 2.11. The smallest absolute Gasteiger partial charge is 0.0745 e. The number of aliphatic hydroxyl groups is 1. The van der Waals surface area contributed by atoms with Gasteiger partial charge in [-0.15, -0.1) is 0 Å². The maximum Gasteiger partial charge on any atom is 0.0745 e. The summed E-state index contributed by atoms with van der Waals surface area (Å²) in [5, 5.41) is 12.2. The van der Waals surface area contributed by atoms with Gasteiger partial charge in [0.15, 0.2) is 0 Å². The van der Waals surface area contributed by atoms with Crippen molar-refractivity contribution in [2.75, 3.05) is 26.3 Å². The standard InChI is InChI=1S/C9H19NO2/c1-8(11)7-12-5-3-9-2-4-10-6-9/h8-11H,2-7H2,1H3. The first-order valence-corrected chi connectivity index (χ1v) is 4.75. The number of nitrogens with one attached hydrogen (secondary N) is 1. The van der Waals surface area contributed by atoms with Crippen LogP contribution in [0.4, 0.5) is 0 Å². The highest BCUT2D eigenvalue weighted by Gasteiger charge is 2.13. The molecule has 1 rings (SSSR count). The van der Waals surface area contributed by atoms with E-state index in [1.165, 1.54) is 6.42 Å². The van der Waals surface area contributed by atoms with Gasteiger partial charge in [-0.25, -0.2) is 0 Å². The van der Waals surface area contributed by atoms with Crippen LogP contribution < -0.4 is 5.32 Å². The van der Waals surface area contributed by atoms with Gasteiger partial charge in [-0.05, 0) is 38.8 Å². The molecule has 0 aliphatic carbocycles. The van der Waals surface area contributed by atoms with Crippen molar-refractivity contribution < 1.29 is 9.84 Å². The Hall–Kier alpha value is -0.120. The molecule has 0 aromatic rings. The first-order valence-electron chi connectivity index (χ1n) is 4.75. The molecule has 1 aliphatic heterocycles. The molecule has 0 spiro atoms. The second-order valence-corrected chi connectivity index (χ2v) is 3.57. The Labute approximate surface area is 74.1 Å². The van der Waals surface area contributed by atoms with E-state index in [1.807, 2.05) is 0 Å². The molecule has 0 saturated carbocycles. The summed E-state index contributed by atoms with van der Waals surface area (Å²) in [7, 11) is 0. The van der Waals surface area contributed by atoms with Crippen molar-refractivity contribution in [2.24, 2.45) is 5.92 Å². The second kappa shape index (κ2) is 5.51. The van der Waals surface area contributed by atoms with Crippen LogP contribution in [-0.4, -0.2) is 37.5 Å². The van der Waals surface area contributed by atoms with Crippen molar-refractivity contribution in [3.05, 3.63) is 0 Å². The molecule has 72 valence electrons. The second-order valence-electron chi connectivity index (χ2n) is 3.57. The minimum Gasteiger partial charge on any atom is -0.391 e. The van der Waals surface area contributed by atoms with E-state index in [2.05, 4.69) is 5.32 Å². The molecule has 0 bridgehead atoms. The molecule has 12 heavy (non-hydrogen) atoms. The number of ether oxygens (including phenoxy) is 1. The Morgan fingerprint density at radius 1 is 1.67 bits per heavy atom. The fourth-order valence-corrected chi connectivity index (χ4v) is 1.46. The summed E-state index contributed by atoms with van der Waals surface area (Å²) in [6.45, 7) is 5.30.